The molecule has 5 nitrogen and oxygen atoms in total. The molecule has 3 rings (SSSR count). The summed E-state index contributed by atoms with van der Waals surface area (Å²) in [5, 5.41) is 13.8. The summed E-state index contributed by atoms with van der Waals surface area (Å²) in [6, 6.07) is 2.11. The summed E-state index contributed by atoms with van der Waals surface area (Å²) in [7, 11) is 1.78. The molecule has 25 heavy (non-hydrogen) atoms. The number of amidine groups is 1. The molecule has 2 aromatic rings. The van der Waals surface area contributed by atoms with Gasteiger partial charge in [0.15, 0.2) is 0 Å². The average molecular weight is 356 g/mol. The quantitative estimate of drug-likeness (QED) is 0.674. The van der Waals surface area contributed by atoms with Crippen molar-refractivity contribution in [1.82, 2.24) is 14.5 Å². The van der Waals surface area contributed by atoms with Crippen molar-refractivity contribution >= 4 is 35.5 Å². The van der Waals surface area contributed by atoms with Crippen LogP contribution in [0, 0.1) is 5.41 Å². The number of hydrogen-bond donors (Lipinski definition) is 1. The summed E-state index contributed by atoms with van der Waals surface area (Å²) in [4.78, 5) is 10.9. The van der Waals surface area contributed by atoms with Crippen LogP contribution >= 0.6 is 11.3 Å². The second-order valence-electron chi connectivity index (χ2n) is 6.17. The number of aliphatic imine (C=N–C) groups is 1. The van der Waals surface area contributed by atoms with E-state index in [0.717, 1.165) is 35.7 Å². The predicted molar refractivity (Wildman–Crippen MR) is 106 cm³/mol. The smallest absolute Gasteiger partial charge is 0.147 e. The maximum absolute atomic E-state index is 8.42. The summed E-state index contributed by atoms with van der Waals surface area (Å²) in [6.07, 6.45) is 11.7. The van der Waals surface area contributed by atoms with E-state index in [1.165, 1.54) is 24.5 Å². The van der Waals surface area contributed by atoms with Gasteiger partial charge in [-0.05, 0) is 43.5 Å². The highest BCUT2D eigenvalue weighted by molar-refractivity contribution is 7.09. The van der Waals surface area contributed by atoms with Gasteiger partial charge in [0.1, 0.15) is 16.5 Å². The van der Waals surface area contributed by atoms with Crippen LogP contribution in [-0.2, 0) is 6.54 Å². The van der Waals surface area contributed by atoms with Gasteiger partial charge in [0.2, 0.25) is 0 Å². The van der Waals surface area contributed by atoms with Crippen molar-refractivity contribution in [2.75, 3.05) is 20.1 Å². The molecule has 3 heterocycles. The fourth-order valence-corrected chi connectivity index (χ4v) is 3.92. The van der Waals surface area contributed by atoms with Gasteiger partial charge in [0, 0.05) is 43.3 Å². The molecule has 1 saturated heterocycles. The lowest BCUT2D eigenvalue weighted by Gasteiger charge is -2.28. The molecule has 0 unspecified atom stereocenters. The van der Waals surface area contributed by atoms with Gasteiger partial charge >= 0.3 is 0 Å². The number of nitrogens with zero attached hydrogens (tertiary/aromatic N) is 4. The zero-order chi connectivity index (χ0) is 17.6. The van der Waals surface area contributed by atoms with Gasteiger partial charge < -0.3 is 9.47 Å². The number of thiazole rings is 1. The molecule has 0 bridgehead atoms. The van der Waals surface area contributed by atoms with Crippen LogP contribution in [0.25, 0.3) is 12.2 Å². The van der Waals surface area contributed by atoms with Crippen molar-refractivity contribution < 1.29 is 0 Å². The second kappa shape index (κ2) is 8.25. The topological polar surface area (TPSA) is 57.3 Å². The molecule has 0 atom stereocenters. The summed E-state index contributed by atoms with van der Waals surface area (Å²) >= 11 is 1.63. The summed E-state index contributed by atoms with van der Waals surface area (Å²) in [5.41, 5.74) is 0.803. The first-order chi connectivity index (χ1) is 12.2. The monoisotopic (exact) mass is 355 g/mol. The van der Waals surface area contributed by atoms with Crippen molar-refractivity contribution in [3.8, 4) is 0 Å². The van der Waals surface area contributed by atoms with E-state index in [0.29, 0.717) is 5.84 Å². The molecular weight excluding hydrogens is 330 g/mol. The van der Waals surface area contributed by atoms with Gasteiger partial charge in [0.05, 0.1) is 6.54 Å². The maximum Gasteiger partial charge on any atom is 0.147 e. The van der Waals surface area contributed by atoms with Crippen molar-refractivity contribution in [2.45, 2.75) is 32.7 Å². The minimum atomic E-state index is 0.571. The molecule has 2 aromatic heterocycles. The molecule has 0 radical (unpaired) electrons. The number of aromatic nitrogens is 2. The zero-order valence-electron chi connectivity index (χ0n) is 14.9. The van der Waals surface area contributed by atoms with Gasteiger partial charge in [-0.25, -0.2) is 4.98 Å². The van der Waals surface area contributed by atoms with Crippen LogP contribution in [0.5, 0.6) is 0 Å². The van der Waals surface area contributed by atoms with Gasteiger partial charge in [-0.1, -0.05) is 6.08 Å². The van der Waals surface area contributed by atoms with E-state index >= 15 is 0 Å². The van der Waals surface area contributed by atoms with E-state index in [1.807, 2.05) is 24.6 Å². The summed E-state index contributed by atoms with van der Waals surface area (Å²) in [5.74, 6) is 0.571. The molecular formula is C19H25N5S. The molecule has 1 aliphatic heterocycles. The van der Waals surface area contributed by atoms with Crippen LogP contribution in [0.15, 0.2) is 22.6 Å². The van der Waals surface area contributed by atoms with Crippen molar-refractivity contribution in [3.05, 3.63) is 38.9 Å². The Labute approximate surface area is 152 Å². The van der Waals surface area contributed by atoms with Crippen molar-refractivity contribution in [2.24, 2.45) is 4.99 Å². The summed E-state index contributed by atoms with van der Waals surface area (Å²) in [6.45, 7) is 4.72. The molecule has 6 heteroatoms. The molecule has 0 amide bonds. The SMILES string of the molecule is C/C=c1/ccn(Cc2nc(C(=N)N3CCCCC3)cs2)/c1=C/C=N/C. The maximum atomic E-state index is 8.42. The molecule has 0 aromatic carbocycles. The fraction of sp³-hybridized carbons (Fsp3) is 0.421. The molecule has 0 spiro atoms. The van der Waals surface area contributed by atoms with Crippen LogP contribution in [0.4, 0.5) is 0 Å². The molecule has 1 aliphatic rings. The minimum Gasteiger partial charge on any atom is -0.355 e. The fourth-order valence-electron chi connectivity index (χ4n) is 3.14. The number of hydrogen-bond acceptors (Lipinski definition) is 4. The Morgan fingerprint density at radius 1 is 1.36 bits per heavy atom. The third-order valence-corrected chi connectivity index (χ3v) is 5.34. The normalized spacial score (nSPS) is 17.0. The Hall–Kier alpha value is -2.21. The van der Waals surface area contributed by atoms with Crippen LogP contribution in [0.3, 0.4) is 0 Å². The highest BCUT2D eigenvalue weighted by Gasteiger charge is 2.17. The predicted octanol–water partition coefficient (Wildman–Crippen LogP) is 2.09. The van der Waals surface area contributed by atoms with Gasteiger partial charge in [-0.2, -0.15) is 0 Å². The van der Waals surface area contributed by atoms with Crippen molar-refractivity contribution in [1.29, 1.82) is 5.41 Å². The van der Waals surface area contributed by atoms with E-state index < -0.39 is 0 Å². The van der Waals surface area contributed by atoms with Crippen LogP contribution < -0.4 is 10.6 Å². The Morgan fingerprint density at radius 2 is 2.16 bits per heavy atom. The van der Waals surface area contributed by atoms with Gasteiger partial charge in [-0.3, -0.25) is 10.4 Å². The highest BCUT2D eigenvalue weighted by Crippen LogP contribution is 2.16. The lowest BCUT2D eigenvalue weighted by atomic mass is 10.1. The molecule has 0 saturated carbocycles. The Morgan fingerprint density at radius 3 is 2.88 bits per heavy atom. The molecule has 0 aliphatic carbocycles. The largest absolute Gasteiger partial charge is 0.355 e. The zero-order valence-corrected chi connectivity index (χ0v) is 15.7. The van der Waals surface area contributed by atoms with E-state index in [-0.39, 0.29) is 0 Å². The van der Waals surface area contributed by atoms with E-state index in [9.17, 15) is 0 Å². The third kappa shape index (κ3) is 4.07. The number of piperidine rings is 1. The lowest BCUT2D eigenvalue weighted by molar-refractivity contribution is 0.340. The standard InChI is InChI=1S/C19H25N5S/c1-3-15-8-12-24(17(15)7-9-21-2)13-18-22-16(14-25-18)19(20)23-10-5-4-6-11-23/h3,7-9,12,14,20H,4-6,10-11,13H2,1-2H3/b15-3-,17-7+,20-19?,21-9+. The first-order valence-corrected chi connectivity index (χ1v) is 9.63. The highest BCUT2D eigenvalue weighted by atomic mass is 32.1. The Balaban J connectivity index is 1.80. The molecule has 1 N–H and O–H groups in total. The van der Waals surface area contributed by atoms with E-state index in [2.05, 4.69) is 32.8 Å². The first-order valence-electron chi connectivity index (χ1n) is 8.75. The summed E-state index contributed by atoms with van der Waals surface area (Å²) < 4.78 is 2.18. The average Bonchev–Trinajstić information content (AvgIpc) is 3.27. The van der Waals surface area contributed by atoms with Crippen LogP contribution in [0.2, 0.25) is 0 Å². The van der Waals surface area contributed by atoms with Gasteiger partial charge in [0.25, 0.3) is 0 Å². The molecule has 1 fully saturated rings. The number of rotatable bonds is 4. The van der Waals surface area contributed by atoms with Crippen LogP contribution in [0.1, 0.15) is 36.9 Å². The van der Waals surface area contributed by atoms with E-state index in [1.54, 1.807) is 18.4 Å². The lowest BCUT2D eigenvalue weighted by Crippen LogP contribution is -2.35. The first kappa shape index (κ1) is 17.6. The molecule has 132 valence electrons. The van der Waals surface area contributed by atoms with Crippen molar-refractivity contribution in [3.63, 3.8) is 0 Å². The third-order valence-electron chi connectivity index (χ3n) is 4.50. The van der Waals surface area contributed by atoms with E-state index in [4.69, 9.17) is 10.4 Å². The number of likely N-dealkylation sites (tertiary alicyclic amines) is 1. The number of nitrogens with one attached hydrogen (secondary N) is 1. The Bertz CT molecular complexity index is 868. The minimum absolute atomic E-state index is 0.571. The second-order valence-corrected chi connectivity index (χ2v) is 7.11. The Kier molecular flexibility index (Phi) is 5.81. The van der Waals surface area contributed by atoms with Gasteiger partial charge in [-0.15, -0.1) is 11.3 Å². The van der Waals surface area contributed by atoms with Crippen LogP contribution in [-0.4, -0.2) is 46.6 Å².